The number of ether oxygens (including phenoxy) is 2. The number of fused-ring (bicyclic) bond motifs is 1. The van der Waals surface area contributed by atoms with E-state index < -0.39 is 5.95 Å². The summed E-state index contributed by atoms with van der Waals surface area (Å²) in [6, 6.07) is 9.26. The highest BCUT2D eigenvalue weighted by atomic mass is 19.1. The summed E-state index contributed by atoms with van der Waals surface area (Å²) in [5.74, 6) is 0.911. The van der Waals surface area contributed by atoms with Crippen LogP contribution >= 0.6 is 0 Å². The van der Waals surface area contributed by atoms with Crippen LogP contribution in [0.25, 0.3) is 11.0 Å². The molecule has 7 nitrogen and oxygen atoms in total. The monoisotopic (exact) mass is 423 g/mol. The summed E-state index contributed by atoms with van der Waals surface area (Å²) in [7, 11) is 0. The minimum atomic E-state index is -0.463. The lowest BCUT2D eigenvalue weighted by Crippen LogP contribution is -2.36. The number of hydrogen-bond donors (Lipinski definition) is 1. The van der Waals surface area contributed by atoms with Gasteiger partial charge >= 0.3 is 0 Å². The van der Waals surface area contributed by atoms with Crippen LogP contribution in [0.5, 0.6) is 5.75 Å². The summed E-state index contributed by atoms with van der Waals surface area (Å²) < 4.78 is 25.3. The molecular weight excluding hydrogens is 397 g/mol. The number of pyridine rings is 1. The molecule has 8 heteroatoms. The molecule has 0 atom stereocenters. The number of anilines is 2. The van der Waals surface area contributed by atoms with E-state index in [1.807, 2.05) is 0 Å². The maximum absolute atomic E-state index is 13.3. The van der Waals surface area contributed by atoms with Crippen molar-refractivity contribution in [2.24, 2.45) is 0 Å². The van der Waals surface area contributed by atoms with Gasteiger partial charge in [0.1, 0.15) is 17.1 Å². The van der Waals surface area contributed by atoms with Crippen LogP contribution in [0.15, 0.2) is 42.7 Å². The summed E-state index contributed by atoms with van der Waals surface area (Å²) in [5, 5.41) is 3.34. The van der Waals surface area contributed by atoms with Crippen LogP contribution in [-0.4, -0.2) is 53.4 Å². The minimum absolute atomic E-state index is 0.115. The Kier molecular flexibility index (Phi) is 5.80. The first-order valence-corrected chi connectivity index (χ1v) is 10.9. The van der Waals surface area contributed by atoms with E-state index in [1.54, 1.807) is 24.5 Å². The number of halogens is 1. The molecule has 1 saturated heterocycles. The SMILES string of the molecule is Fc1cccc(N[C@H]2CC[C@@H](Oc3cc(N4CCOCC4)cc4nccnc34)CC2)n1. The van der Waals surface area contributed by atoms with Gasteiger partial charge in [0.05, 0.1) is 24.8 Å². The Labute approximate surface area is 180 Å². The molecule has 1 aliphatic carbocycles. The third kappa shape index (κ3) is 4.69. The number of hydrogen-bond acceptors (Lipinski definition) is 7. The van der Waals surface area contributed by atoms with E-state index in [4.69, 9.17) is 9.47 Å². The van der Waals surface area contributed by atoms with Crippen molar-refractivity contribution in [3.63, 3.8) is 0 Å². The smallest absolute Gasteiger partial charge is 0.214 e. The molecular formula is C23H26FN5O2. The summed E-state index contributed by atoms with van der Waals surface area (Å²) >= 11 is 0. The number of benzene rings is 1. The molecule has 1 aliphatic heterocycles. The first-order chi connectivity index (χ1) is 15.2. The minimum Gasteiger partial charge on any atom is -0.488 e. The molecule has 3 heterocycles. The number of nitrogens with zero attached hydrogens (tertiary/aromatic N) is 4. The molecule has 1 aromatic carbocycles. The second kappa shape index (κ2) is 9.01. The number of aromatic nitrogens is 3. The van der Waals surface area contributed by atoms with Gasteiger partial charge in [0.25, 0.3) is 0 Å². The quantitative estimate of drug-likeness (QED) is 0.626. The number of morpholine rings is 1. The van der Waals surface area contributed by atoms with Crippen molar-refractivity contribution in [1.29, 1.82) is 0 Å². The van der Waals surface area contributed by atoms with Gasteiger partial charge in [0, 0.05) is 43.3 Å². The fraction of sp³-hybridized carbons (Fsp3) is 0.435. The van der Waals surface area contributed by atoms with Crippen molar-refractivity contribution in [1.82, 2.24) is 15.0 Å². The van der Waals surface area contributed by atoms with E-state index in [1.165, 1.54) is 6.07 Å². The Morgan fingerprint density at radius 3 is 2.65 bits per heavy atom. The second-order valence-electron chi connectivity index (χ2n) is 8.05. The van der Waals surface area contributed by atoms with Crippen molar-refractivity contribution in [2.75, 3.05) is 36.5 Å². The van der Waals surface area contributed by atoms with Crippen molar-refractivity contribution in [2.45, 2.75) is 37.8 Å². The highest BCUT2D eigenvalue weighted by Gasteiger charge is 2.24. The Bertz CT molecular complexity index is 1040. The molecule has 1 N–H and O–H groups in total. The van der Waals surface area contributed by atoms with Gasteiger partial charge in [-0.1, -0.05) is 6.07 Å². The average Bonchev–Trinajstić information content (AvgIpc) is 2.81. The van der Waals surface area contributed by atoms with E-state index in [9.17, 15) is 4.39 Å². The zero-order valence-electron chi connectivity index (χ0n) is 17.3. The summed E-state index contributed by atoms with van der Waals surface area (Å²) in [6.45, 7) is 3.17. The normalized spacial score (nSPS) is 21.8. The Balaban J connectivity index is 1.28. The van der Waals surface area contributed by atoms with Gasteiger partial charge in [0.2, 0.25) is 5.95 Å². The lowest BCUT2D eigenvalue weighted by molar-refractivity contribution is 0.122. The van der Waals surface area contributed by atoms with Gasteiger partial charge in [0.15, 0.2) is 0 Å². The van der Waals surface area contributed by atoms with Gasteiger partial charge in [-0.2, -0.15) is 4.39 Å². The molecule has 0 spiro atoms. The van der Waals surface area contributed by atoms with Crippen molar-refractivity contribution < 1.29 is 13.9 Å². The van der Waals surface area contributed by atoms with Crippen LogP contribution in [0.1, 0.15) is 25.7 Å². The Morgan fingerprint density at radius 1 is 1.03 bits per heavy atom. The highest BCUT2D eigenvalue weighted by molar-refractivity contribution is 5.85. The van der Waals surface area contributed by atoms with E-state index in [-0.39, 0.29) is 12.1 Å². The molecule has 0 unspecified atom stereocenters. The van der Waals surface area contributed by atoms with Gasteiger partial charge in [-0.15, -0.1) is 0 Å². The van der Waals surface area contributed by atoms with E-state index in [0.717, 1.165) is 74.5 Å². The van der Waals surface area contributed by atoms with Gasteiger partial charge in [-0.25, -0.2) is 9.97 Å². The van der Waals surface area contributed by atoms with E-state index in [0.29, 0.717) is 5.82 Å². The van der Waals surface area contributed by atoms with Crippen LogP contribution in [0.2, 0.25) is 0 Å². The second-order valence-corrected chi connectivity index (χ2v) is 8.05. The first-order valence-electron chi connectivity index (χ1n) is 10.9. The maximum atomic E-state index is 13.3. The lowest BCUT2D eigenvalue weighted by Gasteiger charge is -2.31. The predicted octanol–water partition coefficient (Wildman–Crippen LogP) is 3.80. The fourth-order valence-corrected chi connectivity index (χ4v) is 4.32. The molecule has 2 fully saturated rings. The molecule has 31 heavy (non-hydrogen) atoms. The van der Waals surface area contributed by atoms with Crippen LogP contribution in [0.4, 0.5) is 15.9 Å². The van der Waals surface area contributed by atoms with Crippen molar-refractivity contribution in [3.8, 4) is 5.75 Å². The zero-order valence-corrected chi connectivity index (χ0v) is 17.3. The molecule has 3 aromatic rings. The molecule has 2 aliphatic rings. The topological polar surface area (TPSA) is 72.4 Å². The number of nitrogens with one attached hydrogen (secondary N) is 1. The highest BCUT2D eigenvalue weighted by Crippen LogP contribution is 2.33. The van der Waals surface area contributed by atoms with Gasteiger partial charge in [-0.3, -0.25) is 4.98 Å². The molecule has 0 bridgehead atoms. The van der Waals surface area contributed by atoms with Crippen molar-refractivity contribution >= 4 is 22.5 Å². The molecule has 5 rings (SSSR count). The van der Waals surface area contributed by atoms with E-state index >= 15 is 0 Å². The number of rotatable bonds is 5. The average molecular weight is 423 g/mol. The molecule has 0 radical (unpaired) electrons. The lowest BCUT2D eigenvalue weighted by atomic mass is 9.93. The van der Waals surface area contributed by atoms with Gasteiger partial charge in [-0.05, 0) is 43.9 Å². The zero-order chi connectivity index (χ0) is 21.0. The maximum Gasteiger partial charge on any atom is 0.214 e. The Hall–Kier alpha value is -3.00. The summed E-state index contributed by atoms with van der Waals surface area (Å²) in [4.78, 5) is 15.2. The molecule has 2 aromatic heterocycles. The first kappa shape index (κ1) is 19.9. The molecule has 0 amide bonds. The van der Waals surface area contributed by atoms with E-state index in [2.05, 4.69) is 37.3 Å². The molecule has 162 valence electrons. The fourth-order valence-electron chi connectivity index (χ4n) is 4.32. The van der Waals surface area contributed by atoms with Crippen LogP contribution in [-0.2, 0) is 4.74 Å². The van der Waals surface area contributed by atoms with Crippen molar-refractivity contribution in [3.05, 3.63) is 48.7 Å². The standard InChI is InChI=1S/C23H26FN5O2/c24-21-2-1-3-22(28-21)27-16-4-6-18(7-5-16)31-20-15-17(29-10-12-30-13-11-29)14-19-23(20)26-9-8-25-19/h1-3,8-9,14-16,18H,4-7,10-13H2,(H,27,28)/t16-,18+. The summed E-state index contributed by atoms with van der Waals surface area (Å²) in [6.07, 6.45) is 7.24. The van der Waals surface area contributed by atoms with Crippen LogP contribution < -0.4 is 15.0 Å². The van der Waals surface area contributed by atoms with Crippen LogP contribution in [0.3, 0.4) is 0 Å². The Morgan fingerprint density at radius 2 is 1.84 bits per heavy atom. The third-order valence-electron chi connectivity index (χ3n) is 5.93. The summed E-state index contributed by atoms with van der Waals surface area (Å²) in [5.41, 5.74) is 2.73. The molecule has 1 saturated carbocycles. The van der Waals surface area contributed by atoms with Crippen LogP contribution in [0, 0.1) is 5.95 Å². The van der Waals surface area contributed by atoms with Gasteiger partial charge < -0.3 is 19.7 Å². The third-order valence-corrected chi connectivity index (χ3v) is 5.93. The largest absolute Gasteiger partial charge is 0.488 e. The predicted molar refractivity (Wildman–Crippen MR) is 117 cm³/mol.